The van der Waals surface area contributed by atoms with Gasteiger partial charge in [0.25, 0.3) is 5.91 Å². The van der Waals surface area contributed by atoms with E-state index >= 15 is 0 Å². The molecule has 2 rings (SSSR count). The average Bonchev–Trinajstić information content (AvgIpc) is 2.55. The fraction of sp³-hybridized carbons (Fsp3) is 0.462. The molecule has 0 saturated carbocycles. The van der Waals surface area contributed by atoms with Crippen LogP contribution in [0.3, 0.4) is 0 Å². The van der Waals surface area contributed by atoms with Crippen molar-refractivity contribution in [2.45, 2.75) is 19.9 Å². The fourth-order valence-electron chi connectivity index (χ4n) is 2.11. The highest BCUT2D eigenvalue weighted by Gasteiger charge is 2.24. The number of nitrogens with zero attached hydrogens (tertiary/aromatic N) is 1. The maximum Gasteiger partial charge on any atom is 0.254 e. The second-order valence-electron chi connectivity index (χ2n) is 4.70. The third kappa shape index (κ3) is 1.95. The van der Waals surface area contributed by atoms with Crippen LogP contribution >= 0.6 is 0 Å². The summed E-state index contributed by atoms with van der Waals surface area (Å²) in [5.74, 6) is 0.601. The number of fused-ring (bicyclic) bond motifs is 1. The first-order valence-corrected chi connectivity index (χ1v) is 5.69. The summed E-state index contributed by atoms with van der Waals surface area (Å²) < 4.78 is 0. The summed E-state index contributed by atoms with van der Waals surface area (Å²) in [4.78, 5) is 13.6. The number of nitrogens with two attached hydrogens (primary N) is 1. The predicted octanol–water partition coefficient (Wildman–Crippen LogP) is 1.41. The SMILES string of the molecule is CC(CN)Cc1ccc2c(c1)C(=O)N(C)C2. The van der Waals surface area contributed by atoms with Crippen LogP contribution in [0.1, 0.15) is 28.4 Å². The summed E-state index contributed by atoms with van der Waals surface area (Å²) in [6.07, 6.45) is 0.945. The Morgan fingerprint density at radius 3 is 2.94 bits per heavy atom. The maximum absolute atomic E-state index is 11.8. The van der Waals surface area contributed by atoms with Crippen LogP contribution < -0.4 is 5.73 Å². The van der Waals surface area contributed by atoms with E-state index in [1.54, 1.807) is 4.90 Å². The van der Waals surface area contributed by atoms with Crippen LogP contribution in [0.15, 0.2) is 18.2 Å². The van der Waals surface area contributed by atoms with Crippen molar-refractivity contribution in [2.24, 2.45) is 11.7 Å². The van der Waals surface area contributed by atoms with E-state index in [4.69, 9.17) is 5.73 Å². The lowest BCUT2D eigenvalue weighted by molar-refractivity contribution is 0.0816. The van der Waals surface area contributed by atoms with Gasteiger partial charge in [0.2, 0.25) is 0 Å². The Bertz CT molecular complexity index is 414. The Kier molecular flexibility index (Phi) is 2.97. The van der Waals surface area contributed by atoms with Crippen LogP contribution in [-0.4, -0.2) is 24.4 Å². The molecule has 3 heteroatoms. The normalized spacial score (nSPS) is 16.4. The van der Waals surface area contributed by atoms with Crippen LogP contribution in [0.4, 0.5) is 0 Å². The Hall–Kier alpha value is -1.35. The van der Waals surface area contributed by atoms with Crippen molar-refractivity contribution in [3.05, 3.63) is 34.9 Å². The number of carbonyl (C=O) groups is 1. The van der Waals surface area contributed by atoms with E-state index in [-0.39, 0.29) is 5.91 Å². The number of hydrogen-bond donors (Lipinski definition) is 1. The van der Waals surface area contributed by atoms with Gasteiger partial charge < -0.3 is 10.6 Å². The summed E-state index contributed by atoms with van der Waals surface area (Å²) in [6.45, 7) is 3.55. The molecule has 0 fully saturated rings. The van der Waals surface area contributed by atoms with Gasteiger partial charge in [0.05, 0.1) is 0 Å². The lowest BCUT2D eigenvalue weighted by Gasteiger charge is -2.09. The van der Waals surface area contributed by atoms with E-state index in [0.29, 0.717) is 12.5 Å². The van der Waals surface area contributed by atoms with Crippen molar-refractivity contribution in [2.75, 3.05) is 13.6 Å². The lowest BCUT2D eigenvalue weighted by atomic mass is 9.98. The van der Waals surface area contributed by atoms with Gasteiger partial charge in [-0.05, 0) is 36.1 Å². The summed E-state index contributed by atoms with van der Waals surface area (Å²) in [5.41, 5.74) is 8.82. The molecule has 1 aliphatic heterocycles. The van der Waals surface area contributed by atoms with E-state index in [0.717, 1.165) is 24.1 Å². The molecule has 0 bridgehead atoms. The molecule has 1 aromatic rings. The van der Waals surface area contributed by atoms with Crippen molar-refractivity contribution in [1.29, 1.82) is 0 Å². The fourth-order valence-corrected chi connectivity index (χ4v) is 2.11. The van der Waals surface area contributed by atoms with Crippen molar-refractivity contribution in [3.63, 3.8) is 0 Å². The van der Waals surface area contributed by atoms with Crippen LogP contribution in [0.2, 0.25) is 0 Å². The molecule has 1 aliphatic rings. The third-order valence-corrected chi connectivity index (χ3v) is 3.15. The summed E-state index contributed by atoms with van der Waals surface area (Å²) in [7, 11) is 1.84. The highest BCUT2D eigenvalue weighted by Crippen LogP contribution is 2.23. The number of amides is 1. The zero-order valence-electron chi connectivity index (χ0n) is 9.86. The molecule has 0 radical (unpaired) electrons. The molecule has 1 amide bonds. The van der Waals surface area contributed by atoms with Crippen molar-refractivity contribution in [1.82, 2.24) is 4.90 Å². The minimum absolute atomic E-state index is 0.136. The van der Waals surface area contributed by atoms with E-state index < -0.39 is 0 Å². The van der Waals surface area contributed by atoms with E-state index in [2.05, 4.69) is 19.1 Å². The maximum atomic E-state index is 11.8. The Balaban J connectivity index is 2.24. The first-order valence-electron chi connectivity index (χ1n) is 5.69. The largest absolute Gasteiger partial charge is 0.337 e. The molecular weight excluding hydrogens is 200 g/mol. The monoisotopic (exact) mass is 218 g/mol. The summed E-state index contributed by atoms with van der Waals surface area (Å²) >= 11 is 0. The Labute approximate surface area is 96.2 Å². The standard InChI is InChI=1S/C13H18N2O/c1-9(7-14)5-10-3-4-11-8-15(2)13(16)12(11)6-10/h3-4,6,9H,5,7-8,14H2,1-2H3. The predicted molar refractivity (Wildman–Crippen MR) is 64.2 cm³/mol. The number of rotatable bonds is 3. The highest BCUT2D eigenvalue weighted by molar-refractivity contribution is 5.98. The quantitative estimate of drug-likeness (QED) is 0.833. The molecular formula is C13H18N2O. The zero-order chi connectivity index (χ0) is 11.7. The topological polar surface area (TPSA) is 46.3 Å². The molecule has 86 valence electrons. The Morgan fingerprint density at radius 2 is 2.25 bits per heavy atom. The molecule has 0 spiro atoms. The van der Waals surface area contributed by atoms with Crippen molar-refractivity contribution < 1.29 is 4.79 Å². The van der Waals surface area contributed by atoms with Gasteiger partial charge in [-0.25, -0.2) is 0 Å². The molecule has 1 heterocycles. The van der Waals surface area contributed by atoms with Gasteiger partial charge >= 0.3 is 0 Å². The van der Waals surface area contributed by atoms with Crippen LogP contribution in [0.25, 0.3) is 0 Å². The molecule has 0 saturated heterocycles. The van der Waals surface area contributed by atoms with E-state index in [1.165, 1.54) is 5.56 Å². The molecule has 1 unspecified atom stereocenters. The molecule has 0 aliphatic carbocycles. The zero-order valence-corrected chi connectivity index (χ0v) is 9.86. The van der Waals surface area contributed by atoms with Gasteiger partial charge in [0, 0.05) is 19.2 Å². The van der Waals surface area contributed by atoms with E-state index in [9.17, 15) is 4.79 Å². The molecule has 1 aromatic carbocycles. The molecule has 3 nitrogen and oxygen atoms in total. The second kappa shape index (κ2) is 4.26. The van der Waals surface area contributed by atoms with Gasteiger partial charge in [-0.2, -0.15) is 0 Å². The smallest absolute Gasteiger partial charge is 0.254 e. The molecule has 16 heavy (non-hydrogen) atoms. The van der Waals surface area contributed by atoms with Crippen molar-refractivity contribution in [3.8, 4) is 0 Å². The van der Waals surface area contributed by atoms with Gasteiger partial charge in [-0.3, -0.25) is 4.79 Å². The van der Waals surface area contributed by atoms with Crippen molar-refractivity contribution >= 4 is 5.91 Å². The minimum Gasteiger partial charge on any atom is -0.337 e. The van der Waals surface area contributed by atoms with E-state index in [1.807, 2.05) is 13.1 Å². The third-order valence-electron chi connectivity index (χ3n) is 3.15. The minimum atomic E-state index is 0.136. The average molecular weight is 218 g/mol. The lowest BCUT2D eigenvalue weighted by Crippen LogP contribution is -2.17. The molecule has 0 aromatic heterocycles. The Morgan fingerprint density at radius 1 is 1.50 bits per heavy atom. The van der Waals surface area contributed by atoms with Crippen LogP contribution in [0, 0.1) is 5.92 Å². The van der Waals surface area contributed by atoms with Gasteiger partial charge in [0.1, 0.15) is 0 Å². The highest BCUT2D eigenvalue weighted by atomic mass is 16.2. The second-order valence-corrected chi connectivity index (χ2v) is 4.70. The van der Waals surface area contributed by atoms with Gasteiger partial charge in [0.15, 0.2) is 0 Å². The molecule has 1 atom stereocenters. The van der Waals surface area contributed by atoms with Crippen LogP contribution in [-0.2, 0) is 13.0 Å². The number of carbonyl (C=O) groups excluding carboxylic acids is 1. The molecule has 2 N–H and O–H groups in total. The first-order chi connectivity index (χ1) is 7.61. The van der Waals surface area contributed by atoms with Gasteiger partial charge in [-0.15, -0.1) is 0 Å². The number of hydrogen-bond acceptors (Lipinski definition) is 2. The summed E-state index contributed by atoms with van der Waals surface area (Å²) in [6, 6.07) is 6.19. The summed E-state index contributed by atoms with van der Waals surface area (Å²) in [5, 5.41) is 0. The first kappa shape index (κ1) is 11.1. The van der Waals surface area contributed by atoms with Crippen LogP contribution in [0.5, 0.6) is 0 Å². The number of benzene rings is 1. The van der Waals surface area contributed by atoms with Gasteiger partial charge in [-0.1, -0.05) is 19.1 Å².